The van der Waals surface area contributed by atoms with E-state index >= 15 is 0 Å². The van der Waals surface area contributed by atoms with Gasteiger partial charge in [0.2, 0.25) is 5.75 Å². The summed E-state index contributed by atoms with van der Waals surface area (Å²) in [5.74, 6) is 0.132. The molecule has 0 spiro atoms. The Morgan fingerprint density at radius 1 is 1.33 bits per heavy atom. The number of nitrogens with zero attached hydrogens (tertiary/aromatic N) is 1. The highest BCUT2D eigenvalue weighted by atomic mass is 16.6. The molecule has 1 aromatic rings. The van der Waals surface area contributed by atoms with Crippen LogP contribution in [0.15, 0.2) is 12.1 Å². The summed E-state index contributed by atoms with van der Waals surface area (Å²) < 4.78 is 15.0. The Bertz CT molecular complexity index is 445. The molecule has 0 amide bonds. The van der Waals surface area contributed by atoms with Gasteiger partial charge in [0.05, 0.1) is 24.2 Å². The third kappa shape index (κ3) is 2.95. The molecule has 7 heteroatoms. The van der Waals surface area contributed by atoms with Crippen molar-refractivity contribution in [2.24, 2.45) is 0 Å². The van der Waals surface area contributed by atoms with Crippen LogP contribution in [-0.4, -0.2) is 38.6 Å². The topological polar surface area (TPSA) is 87.9 Å². The van der Waals surface area contributed by atoms with Crippen LogP contribution in [0, 0.1) is 10.1 Å². The minimum Gasteiger partial charge on any atom is -0.488 e. The van der Waals surface area contributed by atoms with E-state index in [9.17, 15) is 14.9 Å². The first-order chi connectivity index (χ1) is 8.65. The first-order valence-electron chi connectivity index (χ1n) is 5.08. The quantitative estimate of drug-likeness (QED) is 0.317. The zero-order valence-electron chi connectivity index (χ0n) is 10.0. The monoisotopic (exact) mass is 255 g/mol. The summed E-state index contributed by atoms with van der Waals surface area (Å²) in [6.45, 7) is 0.566. The molecule has 0 saturated carbocycles. The summed E-state index contributed by atoms with van der Waals surface area (Å²) in [5.41, 5.74) is -0.460. The number of carbonyl (C=O) groups excluding carboxylic acids is 1. The lowest BCUT2D eigenvalue weighted by Gasteiger charge is -2.11. The first kappa shape index (κ1) is 13.9. The van der Waals surface area contributed by atoms with E-state index in [4.69, 9.17) is 14.2 Å². The molecule has 0 bridgehead atoms. The maximum atomic E-state index is 10.9. The van der Waals surface area contributed by atoms with Crippen molar-refractivity contribution in [1.29, 1.82) is 0 Å². The lowest BCUT2D eigenvalue weighted by molar-refractivity contribution is -0.386. The van der Waals surface area contributed by atoms with Crippen LogP contribution in [0.3, 0.4) is 0 Å². The Balaban J connectivity index is 3.16. The molecular weight excluding hydrogens is 242 g/mol. The van der Waals surface area contributed by atoms with E-state index in [-0.39, 0.29) is 23.7 Å². The van der Waals surface area contributed by atoms with Crippen molar-refractivity contribution in [2.45, 2.75) is 0 Å². The fourth-order valence-electron chi connectivity index (χ4n) is 1.40. The molecule has 0 aliphatic heterocycles. The number of benzene rings is 1. The van der Waals surface area contributed by atoms with Crippen LogP contribution in [0.2, 0.25) is 0 Å². The normalized spacial score (nSPS) is 9.89. The maximum Gasteiger partial charge on any atom is 0.325 e. The van der Waals surface area contributed by atoms with Crippen LogP contribution in [0.1, 0.15) is 10.4 Å². The van der Waals surface area contributed by atoms with Gasteiger partial charge in [0.25, 0.3) is 0 Å². The van der Waals surface area contributed by atoms with Gasteiger partial charge in [0.1, 0.15) is 6.61 Å². The average Bonchev–Trinajstić information content (AvgIpc) is 2.37. The highest BCUT2D eigenvalue weighted by molar-refractivity contribution is 5.85. The first-order valence-corrected chi connectivity index (χ1v) is 5.08. The molecule has 0 aliphatic carbocycles. The lowest BCUT2D eigenvalue weighted by atomic mass is 10.1. The second kappa shape index (κ2) is 6.55. The Morgan fingerprint density at radius 2 is 2.06 bits per heavy atom. The van der Waals surface area contributed by atoms with Crippen molar-refractivity contribution in [1.82, 2.24) is 0 Å². The molecule has 0 atom stereocenters. The van der Waals surface area contributed by atoms with Crippen molar-refractivity contribution in [3.05, 3.63) is 27.8 Å². The SMILES string of the molecule is COCCOc1ccc(C=O)c([N+](=O)[O-])c1OC. The molecule has 1 rings (SSSR count). The van der Waals surface area contributed by atoms with E-state index < -0.39 is 10.6 Å². The van der Waals surface area contributed by atoms with Gasteiger partial charge in [-0.1, -0.05) is 0 Å². The van der Waals surface area contributed by atoms with Crippen LogP contribution in [-0.2, 0) is 4.74 Å². The van der Waals surface area contributed by atoms with Crippen molar-refractivity contribution in [3.63, 3.8) is 0 Å². The van der Waals surface area contributed by atoms with Crippen molar-refractivity contribution in [3.8, 4) is 11.5 Å². The van der Waals surface area contributed by atoms with Crippen LogP contribution < -0.4 is 9.47 Å². The van der Waals surface area contributed by atoms with Gasteiger partial charge in [0, 0.05) is 7.11 Å². The molecule has 0 saturated heterocycles. The van der Waals surface area contributed by atoms with Crippen LogP contribution in [0.5, 0.6) is 11.5 Å². The van der Waals surface area contributed by atoms with Crippen LogP contribution >= 0.6 is 0 Å². The van der Waals surface area contributed by atoms with Gasteiger partial charge in [-0.05, 0) is 12.1 Å². The van der Waals surface area contributed by atoms with E-state index in [1.54, 1.807) is 0 Å². The smallest absolute Gasteiger partial charge is 0.325 e. The number of hydrogen-bond donors (Lipinski definition) is 0. The van der Waals surface area contributed by atoms with E-state index in [2.05, 4.69) is 0 Å². The molecular formula is C11H13NO6. The van der Waals surface area contributed by atoms with Crippen molar-refractivity contribution >= 4 is 12.0 Å². The highest BCUT2D eigenvalue weighted by Crippen LogP contribution is 2.38. The largest absolute Gasteiger partial charge is 0.488 e. The van der Waals surface area contributed by atoms with Crippen molar-refractivity contribution in [2.75, 3.05) is 27.4 Å². The van der Waals surface area contributed by atoms with Gasteiger partial charge >= 0.3 is 5.69 Å². The molecule has 1 aromatic carbocycles. The van der Waals surface area contributed by atoms with Gasteiger partial charge in [-0.3, -0.25) is 14.9 Å². The summed E-state index contributed by atoms with van der Waals surface area (Å²) in [5, 5.41) is 10.9. The van der Waals surface area contributed by atoms with E-state index in [1.165, 1.54) is 26.4 Å². The van der Waals surface area contributed by atoms with Gasteiger partial charge in [0.15, 0.2) is 12.0 Å². The predicted molar refractivity (Wildman–Crippen MR) is 62.4 cm³/mol. The minimum atomic E-state index is -0.675. The molecule has 0 N–H and O–H groups in total. The third-order valence-electron chi connectivity index (χ3n) is 2.19. The third-order valence-corrected chi connectivity index (χ3v) is 2.19. The summed E-state index contributed by atoms with van der Waals surface area (Å²) in [4.78, 5) is 21.0. The van der Waals surface area contributed by atoms with E-state index in [1.807, 2.05) is 0 Å². The minimum absolute atomic E-state index is 0.0593. The fraction of sp³-hybridized carbons (Fsp3) is 0.364. The summed E-state index contributed by atoms with van der Waals surface area (Å²) in [6, 6.07) is 2.76. The Morgan fingerprint density at radius 3 is 2.56 bits per heavy atom. The van der Waals surface area contributed by atoms with E-state index in [0.29, 0.717) is 12.9 Å². The predicted octanol–water partition coefficient (Wildman–Crippen LogP) is 1.44. The van der Waals surface area contributed by atoms with Gasteiger partial charge in [-0.15, -0.1) is 0 Å². The number of nitro benzene ring substituents is 1. The van der Waals surface area contributed by atoms with E-state index in [0.717, 1.165) is 0 Å². The number of nitro groups is 1. The summed E-state index contributed by atoms with van der Waals surface area (Å²) in [7, 11) is 2.79. The molecule has 7 nitrogen and oxygen atoms in total. The standard InChI is InChI=1S/C11H13NO6/c1-16-5-6-18-9-4-3-8(7-13)10(12(14)15)11(9)17-2/h3-4,7H,5-6H2,1-2H3. The molecule has 0 unspecified atom stereocenters. The van der Waals surface area contributed by atoms with Crippen LogP contribution in [0.25, 0.3) is 0 Å². The maximum absolute atomic E-state index is 10.9. The second-order valence-corrected chi connectivity index (χ2v) is 3.25. The average molecular weight is 255 g/mol. The highest BCUT2D eigenvalue weighted by Gasteiger charge is 2.24. The van der Waals surface area contributed by atoms with Gasteiger partial charge < -0.3 is 14.2 Å². The number of methoxy groups -OCH3 is 2. The van der Waals surface area contributed by atoms with Crippen molar-refractivity contribution < 1.29 is 23.9 Å². The molecule has 0 heterocycles. The number of carbonyl (C=O) groups is 1. The van der Waals surface area contributed by atoms with Gasteiger partial charge in [-0.25, -0.2) is 0 Å². The molecule has 18 heavy (non-hydrogen) atoms. The number of ether oxygens (including phenoxy) is 3. The molecule has 0 radical (unpaired) electrons. The Labute approximate surface area is 103 Å². The zero-order valence-corrected chi connectivity index (χ0v) is 10.0. The molecule has 0 fully saturated rings. The summed E-state index contributed by atoms with van der Waals surface area (Å²) >= 11 is 0. The Kier molecular flexibility index (Phi) is 5.06. The number of hydrogen-bond acceptors (Lipinski definition) is 6. The number of rotatable bonds is 7. The molecule has 0 aliphatic rings. The van der Waals surface area contributed by atoms with Crippen LogP contribution in [0.4, 0.5) is 5.69 Å². The Hall–Kier alpha value is -2.15. The second-order valence-electron chi connectivity index (χ2n) is 3.25. The van der Waals surface area contributed by atoms with Gasteiger partial charge in [-0.2, -0.15) is 0 Å². The fourth-order valence-corrected chi connectivity index (χ4v) is 1.40. The molecule has 98 valence electrons. The summed E-state index contributed by atoms with van der Waals surface area (Å²) in [6.07, 6.45) is 0.402. The zero-order chi connectivity index (χ0) is 13.5. The lowest BCUT2D eigenvalue weighted by Crippen LogP contribution is -2.07. The molecule has 0 aromatic heterocycles. The number of aldehydes is 1.